The molecular weight excluding hydrogens is 215 g/mol. The number of halogens is 2. The van der Waals surface area contributed by atoms with Gasteiger partial charge in [0.2, 0.25) is 0 Å². The lowest BCUT2D eigenvalue weighted by Crippen LogP contribution is -2.13. The molecule has 0 radical (unpaired) electrons. The fraction of sp³-hybridized carbons (Fsp3) is 0.417. The smallest absolute Gasteiger partial charge is 0.144 e. The van der Waals surface area contributed by atoms with Crippen molar-refractivity contribution in [2.24, 2.45) is 5.92 Å². The lowest BCUT2D eigenvalue weighted by molar-refractivity contribution is -0.120. The molecule has 1 rings (SSSR count). The molecule has 0 amide bonds. The Bertz CT molecular complexity index is 363. The van der Waals surface area contributed by atoms with Crippen LogP contribution in [0, 0.1) is 11.7 Å². The summed E-state index contributed by atoms with van der Waals surface area (Å²) in [6.45, 7) is 3.46. The molecule has 1 unspecified atom stereocenters. The highest BCUT2D eigenvalue weighted by atomic mass is 35.5. The first-order chi connectivity index (χ1) is 7.06. The number of ketones is 1. The molecule has 1 aromatic rings. The quantitative estimate of drug-likeness (QED) is 0.769. The summed E-state index contributed by atoms with van der Waals surface area (Å²) in [5.74, 6) is -0.422. The van der Waals surface area contributed by atoms with Gasteiger partial charge in [-0.1, -0.05) is 30.7 Å². The highest BCUT2D eigenvalue weighted by Gasteiger charge is 2.15. The minimum absolute atomic E-state index is 0.0943. The number of hydrogen-bond acceptors (Lipinski definition) is 1. The maximum absolute atomic E-state index is 13.5. The summed E-state index contributed by atoms with van der Waals surface area (Å²) < 4.78 is 13.5. The molecule has 0 aromatic heterocycles. The largest absolute Gasteiger partial charge is 0.300 e. The summed E-state index contributed by atoms with van der Waals surface area (Å²) >= 11 is 5.66. The molecule has 15 heavy (non-hydrogen) atoms. The van der Waals surface area contributed by atoms with Gasteiger partial charge in [0, 0.05) is 5.92 Å². The molecule has 1 atom stereocenters. The van der Waals surface area contributed by atoms with Gasteiger partial charge in [0.05, 0.1) is 5.02 Å². The van der Waals surface area contributed by atoms with E-state index in [1.807, 2.05) is 6.92 Å². The van der Waals surface area contributed by atoms with Gasteiger partial charge >= 0.3 is 0 Å². The summed E-state index contributed by atoms with van der Waals surface area (Å²) in [5.41, 5.74) is 0.518. The molecule has 1 nitrogen and oxygen atoms in total. The van der Waals surface area contributed by atoms with Crippen LogP contribution in [0.3, 0.4) is 0 Å². The Morgan fingerprint density at radius 3 is 2.73 bits per heavy atom. The van der Waals surface area contributed by atoms with E-state index in [2.05, 4.69) is 0 Å². The van der Waals surface area contributed by atoms with Crippen LogP contribution in [0.1, 0.15) is 25.8 Å². The average Bonchev–Trinajstić information content (AvgIpc) is 2.19. The van der Waals surface area contributed by atoms with Gasteiger partial charge in [-0.25, -0.2) is 4.39 Å². The molecule has 1 aromatic carbocycles. The van der Waals surface area contributed by atoms with Gasteiger partial charge in [-0.2, -0.15) is 0 Å². The number of benzene rings is 1. The van der Waals surface area contributed by atoms with E-state index in [9.17, 15) is 9.18 Å². The lowest BCUT2D eigenvalue weighted by Gasteiger charge is -2.12. The normalized spacial score (nSPS) is 12.5. The predicted molar refractivity (Wildman–Crippen MR) is 59.6 cm³/mol. The van der Waals surface area contributed by atoms with E-state index in [1.54, 1.807) is 12.1 Å². The topological polar surface area (TPSA) is 17.1 Å². The van der Waals surface area contributed by atoms with Crippen LogP contribution in [-0.2, 0) is 11.2 Å². The van der Waals surface area contributed by atoms with Gasteiger partial charge in [0.1, 0.15) is 11.6 Å². The monoisotopic (exact) mass is 228 g/mol. The standard InChI is InChI=1S/C12H14ClFO/c1-3-9(8(2)15)7-10-5-4-6-11(13)12(10)14/h4-6,9H,3,7H2,1-2H3. The second kappa shape index (κ2) is 5.26. The summed E-state index contributed by atoms with van der Waals surface area (Å²) in [6, 6.07) is 4.88. The maximum Gasteiger partial charge on any atom is 0.144 e. The van der Waals surface area contributed by atoms with Gasteiger partial charge in [0.15, 0.2) is 0 Å². The predicted octanol–water partition coefficient (Wildman–Crippen LogP) is 3.64. The van der Waals surface area contributed by atoms with Gasteiger partial charge in [0.25, 0.3) is 0 Å². The van der Waals surface area contributed by atoms with Crippen molar-refractivity contribution in [1.82, 2.24) is 0 Å². The fourth-order valence-corrected chi connectivity index (χ4v) is 1.74. The number of rotatable bonds is 4. The van der Waals surface area contributed by atoms with E-state index in [-0.39, 0.29) is 16.7 Å². The molecule has 0 bridgehead atoms. The van der Waals surface area contributed by atoms with Crippen LogP contribution >= 0.6 is 11.6 Å². The number of carbonyl (C=O) groups is 1. The summed E-state index contributed by atoms with van der Waals surface area (Å²) in [7, 11) is 0. The molecule has 0 saturated heterocycles. The first-order valence-corrected chi connectivity index (χ1v) is 5.37. The zero-order valence-corrected chi connectivity index (χ0v) is 9.64. The van der Waals surface area contributed by atoms with Crippen LogP contribution in [0.4, 0.5) is 4.39 Å². The highest BCUT2D eigenvalue weighted by Crippen LogP contribution is 2.21. The van der Waals surface area contributed by atoms with Crippen molar-refractivity contribution < 1.29 is 9.18 Å². The number of carbonyl (C=O) groups excluding carboxylic acids is 1. The SMILES string of the molecule is CCC(Cc1cccc(Cl)c1F)C(C)=O. The minimum Gasteiger partial charge on any atom is -0.300 e. The van der Waals surface area contributed by atoms with Crippen molar-refractivity contribution in [3.8, 4) is 0 Å². The first kappa shape index (κ1) is 12.2. The van der Waals surface area contributed by atoms with Crippen LogP contribution in [0.5, 0.6) is 0 Å². The van der Waals surface area contributed by atoms with E-state index in [4.69, 9.17) is 11.6 Å². The Morgan fingerprint density at radius 2 is 2.20 bits per heavy atom. The van der Waals surface area contributed by atoms with Gasteiger partial charge in [-0.15, -0.1) is 0 Å². The third-order valence-electron chi connectivity index (χ3n) is 2.57. The number of Topliss-reactive ketones (excluding diaryl/α,β-unsaturated/α-hetero) is 1. The molecule has 0 fully saturated rings. The molecule has 0 aliphatic carbocycles. The Balaban J connectivity index is 2.88. The number of hydrogen-bond donors (Lipinski definition) is 0. The van der Waals surface area contributed by atoms with Crippen LogP contribution in [0.15, 0.2) is 18.2 Å². The van der Waals surface area contributed by atoms with Gasteiger partial charge < -0.3 is 0 Å². The van der Waals surface area contributed by atoms with Crippen molar-refractivity contribution in [2.75, 3.05) is 0 Å². The van der Waals surface area contributed by atoms with E-state index in [0.29, 0.717) is 12.0 Å². The Morgan fingerprint density at radius 1 is 1.53 bits per heavy atom. The minimum atomic E-state index is -0.404. The van der Waals surface area contributed by atoms with E-state index < -0.39 is 5.82 Å². The molecule has 0 N–H and O–H groups in total. The second-order valence-corrected chi connectivity index (χ2v) is 4.04. The average molecular weight is 229 g/mol. The third kappa shape index (κ3) is 3.03. The van der Waals surface area contributed by atoms with E-state index in [1.165, 1.54) is 13.0 Å². The van der Waals surface area contributed by atoms with Crippen molar-refractivity contribution in [3.63, 3.8) is 0 Å². The van der Waals surface area contributed by atoms with Crippen LogP contribution in [-0.4, -0.2) is 5.78 Å². The molecule has 3 heteroatoms. The van der Waals surface area contributed by atoms with Crippen molar-refractivity contribution in [2.45, 2.75) is 26.7 Å². The molecular formula is C12H14ClFO. The van der Waals surface area contributed by atoms with Crippen molar-refractivity contribution in [1.29, 1.82) is 0 Å². The lowest BCUT2D eigenvalue weighted by atomic mass is 9.93. The zero-order valence-electron chi connectivity index (χ0n) is 8.89. The summed E-state index contributed by atoms with van der Waals surface area (Å²) in [4.78, 5) is 11.2. The Hall–Kier alpha value is -0.890. The van der Waals surface area contributed by atoms with E-state index >= 15 is 0 Å². The maximum atomic E-state index is 13.5. The van der Waals surface area contributed by atoms with Crippen LogP contribution < -0.4 is 0 Å². The van der Waals surface area contributed by atoms with Crippen LogP contribution in [0.2, 0.25) is 5.02 Å². The van der Waals surface area contributed by atoms with Gasteiger partial charge in [-0.3, -0.25) is 4.79 Å². The molecule has 0 saturated carbocycles. The second-order valence-electron chi connectivity index (χ2n) is 3.63. The first-order valence-electron chi connectivity index (χ1n) is 4.99. The van der Waals surface area contributed by atoms with Crippen molar-refractivity contribution >= 4 is 17.4 Å². The molecule has 0 spiro atoms. The zero-order chi connectivity index (χ0) is 11.4. The highest BCUT2D eigenvalue weighted by molar-refractivity contribution is 6.30. The fourth-order valence-electron chi connectivity index (χ4n) is 1.55. The molecule has 0 aliphatic heterocycles. The molecule has 0 aliphatic rings. The summed E-state index contributed by atoms with van der Waals surface area (Å²) in [5, 5.41) is 0.117. The Kier molecular flexibility index (Phi) is 4.28. The van der Waals surface area contributed by atoms with E-state index in [0.717, 1.165) is 6.42 Å². The molecule has 0 heterocycles. The van der Waals surface area contributed by atoms with Crippen LogP contribution in [0.25, 0.3) is 0 Å². The Labute approximate surface area is 94.3 Å². The third-order valence-corrected chi connectivity index (χ3v) is 2.86. The van der Waals surface area contributed by atoms with Gasteiger partial charge in [-0.05, 0) is 31.4 Å². The molecule has 82 valence electrons. The van der Waals surface area contributed by atoms with Crippen molar-refractivity contribution in [3.05, 3.63) is 34.6 Å². The summed E-state index contributed by atoms with van der Waals surface area (Å²) in [6.07, 6.45) is 1.15.